The zero-order valence-electron chi connectivity index (χ0n) is 18.6. The van der Waals surface area contributed by atoms with Crippen LogP contribution < -0.4 is 10.6 Å². The molecule has 2 unspecified atom stereocenters. The van der Waals surface area contributed by atoms with Gasteiger partial charge in [-0.05, 0) is 56.0 Å². The molecule has 9 heteroatoms. The van der Waals surface area contributed by atoms with E-state index in [2.05, 4.69) is 15.6 Å². The maximum atomic E-state index is 13.2. The first-order valence-electron chi connectivity index (χ1n) is 11.2. The van der Waals surface area contributed by atoms with Crippen LogP contribution in [0.15, 0.2) is 48.5 Å². The highest BCUT2D eigenvalue weighted by Crippen LogP contribution is 2.38. The Balaban J connectivity index is 1.47. The topological polar surface area (TPSA) is 62.7 Å². The van der Waals surface area contributed by atoms with Crippen molar-refractivity contribution in [3.8, 4) is 10.6 Å². The number of aryl methyl sites for hydroxylation is 1. The van der Waals surface area contributed by atoms with Crippen molar-refractivity contribution in [3.63, 3.8) is 0 Å². The van der Waals surface area contributed by atoms with Crippen LogP contribution in [0.4, 0.5) is 24.9 Å². The first kappa shape index (κ1) is 22.6. The average Bonchev–Trinajstić information content (AvgIpc) is 3.45. The van der Waals surface area contributed by atoms with Gasteiger partial charge in [0.2, 0.25) is 12.4 Å². The van der Waals surface area contributed by atoms with Gasteiger partial charge in [-0.15, -0.1) is 11.3 Å². The molecule has 1 fully saturated rings. The number of anilines is 2. The normalized spacial score (nSPS) is 18.0. The van der Waals surface area contributed by atoms with Gasteiger partial charge in [-0.25, -0.2) is 23.1 Å². The summed E-state index contributed by atoms with van der Waals surface area (Å²) >= 11 is 1.55. The maximum Gasteiger partial charge on any atom is 0.241 e. The molecule has 0 amide bonds. The summed E-state index contributed by atoms with van der Waals surface area (Å²) in [4.78, 5) is 14.1. The fraction of sp³-hybridized carbons (Fsp3) is 0.320. The number of nitrogens with zero attached hydrogens (tertiary/aromatic N) is 3. The minimum absolute atomic E-state index is 0.0913. The minimum Gasteiger partial charge on any atom is -0.367 e. The van der Waals surface area contributed by atoms with Crippen molar-refractivity contribution in [2.24, 2.45) is 5.92 Å². The van der Waals surface area contributed by atoms with Gasteiger partial charge < -0.3 is 10.6 Å². The number of hydrogen-bond acceptors (Lipinski definition) is 6. The van der Waals surface area contributed by atoms with Gasteiger partial charge in [-0.2, -0.15) is 4.98 Å². The van der Waals surface area contributed by atoms with Crippen LogP contribution in [-0.4, -0.2) is 27.4 Å². The number of para-hydroxylation sites is 1. The number of halogens is 3. The predicted molar refractivity (Wildman–Crippen MR) is 130 cm³/mol. The van der Waals surface area contributed by atoms with Crippen molar-refractivity contribution < 1.29 is 13.2 Å². The molecule has 5 rings (SSSR count). The Bertz CT molecular complexity index is 1260. The molecule has 2 heterocycles. The largest absolute Gasteiger partial charge is 0.367 e. The standard InChI is InChI=1S/C25H24F3N5S/c1-14-21(24-32-19-4-2-3-5-20(19)34-24)23(31-18-11-8-16(12-18)22(27)28)33-25(30-14)29-13-15-6-9-17(26)10-7-15/h2-7,9-10,16,18,22H,8,11-13H2,1H3,(H2,29,30,31,33). The highest BCUT2D eigenvalue weighted by molar-refractivity contribution is 7.21. The SMILES string of the molecule is Cc1nc(NCc2ccc(F)cc2)nc(NC2CCC(C(F)F)C2)c1-c1nc2ccccc2s1. The van der Waals surface area contributed by atoms with Gasteiger partial charge in [0.25, 0.3) is 0 Å². The number of alkyl halides is 2. The molecule has 5 nitrogen and oxygen atoms in total. The van der Waals surface area contributed by atoms with Crippen LogP contribution in [0.2, 0.25) is 0 Å². The molecule has 2 aromatic carbocycles. The van der Waals surface area contributed by atoms with Crippen molar-refractivity contribution in [1.82, 2.24) is 15.0 Å². The second-order valence-electron chi connectivity index (χ2n) is 8.57. The summed E-state index contributed by atoms with van der Waals surface area (Å²) < 4.78 is 40.7. The van der Waals surface area contributed by atoms with Gasteiger partial charge in [0, 0.05) is 18.5 Å². The Morgan fingerprint density at radius 3 is 2.56 bits per heavy atom. The molecule has 0 spiro atoms. The Morgan fingerprint density at radius 2 is 1.82 bits per heavy atom. The van der Waals surface area contributed by atoms with E-state index < -0.39 is 12.3 Å². The van der Waals surface area contributed by atoms with Crippen LogP contribution in [0.25, 0.3) is 20.8 Å². The molecule has 0 aliphatic heterocycles. The number of nitrogens with one attached hydrogen (secondary N) is 2. The van der Waals surface area contributed by atoms with E-state index in [1.54, 1.807) is 23.5 Å². The molecule has 1 aliphatic carbocycles. The van der Waals surface area contributed by atoms with Gasteiger partial charge in [0.15, 0.2) is 0 Å². The summed E-state index contributed by atoms with van der Waals surface area (Å²) in [5.41, 5.74) is 3.31. The lowest BCUT2D eigenvalue weighted by molar-refractivity contribution is 0.0803. The van der Waals surface area contributed by atoms with E-state index in [1.165, 1.54) is 12.1 Å². The van der Waals surface area contributed by atoms with E-state index in [0.717, 1.165) is 32.0 Å². The number of hydrogen-bond donors (Lipinski definition) is 2. The summed E-state index contributed by atoms with van der Waals surface area (Å²) in [7, 11) is 0. The first-order chi connectivity index (χ1) is 16.5. The third-order valence-corrected chi connectivity index (χ3v) is 7.19. The Kier molecular flexibility index (Phi) is 6.36. The van der Waals surface area contributed by atoms with E-state index in [-0.39, 0.29) is 11.9 Å². The monoisotopic (exact) mass is 483 g/mol. The Labute approximate surface area is 199 Å². The third kappa shape index (κ3) is 4.84. The van der Waals surface area contributed by atoms with Crippen molar-refractivity contribution in [2.75, 3.05) is 10.6 Å². The fourth-order valence-corrected chi connectivity index (χ4v) is 5.41. The predicted octanol–water partition coefficient (Wildman–Crippen LogP) is 6.66. The Hall–Kier alpha value is -3.20. The fourth-order valence-electron chi connectivity index (χ4n) is 4.34. The van der Waals surface area contributed by atoms with Crippen molar-refractivity contribution in [3.05, 3.63) is 65.6 Å². The van der Waals surface area contributed by atoms with E-state index >= 15 is 0 Å². The third-order valence-electron chi connectivity index (χ3n) is 6.13. The van der Waals surface area contributed by atoms with Crippen LogP contribution >= 0.6 is 11.3 Å². The van der Waals surface area contributed by atoms with Gasteiger partial charge in [-0.3, -0.25) is 0 Å². The highest BCUT2D eigenvalue weighted by Gasteiger charge is 2.32. The number of rotatable bonds is 7. The highest BCUT2D eigenvalue weighted by atomic mass is 32.1. The lowest BCUT2D eigenvalue weighted by Gasteiger charge is -2.18. The molecular formula is C25H24F3N5S. The molecule has 0 saturated heterocycles. The molecular weight excluding hydrogens is 459 g/mol. The lowest BCUT2D eigenvalue weighted by atomic mass is 10.1. The van der Waals surface area contributed by atoms with Crippen LogP contribution in [-0.2, 0) is 6.54 Å². The van der Waals surface area contributed by atoms with Crippen molar-refractivity contribution in [2.45, 2.75) is 45.2 Å². The zero-order chi connectivity index (χ0) is 23.7. The molecule has 2 atom stereocenters. The van der Waals surface area contributed by atoms with Crippen LogP contribution in [0.3, 0.4) is 0 Å². The van der Waals surface area contributed by atoms with Gasteiger partial charge >= 0.3 is 0 Å². The maximum absolute atomic E-state index is 13.2. The molecule has 2 N–H and O–H groups in total. The Morgan fingerprint density at radius 1 is 1.03 bits per heavy atom. The summed E-state index contributed by atoms with van der Waals surface area (Å²) in [5, 5.41) is 7.40. The summed E-state index contributed by atoms with van der Waals surface area (Å²) in [5.74, 6) is 0.120. The second kappa shape index (κ2) is 9.58. The molecule has 1 aliphatic rings. The molecule has 176 valence electrons. The summed E-state index contributed by atoms with van der Waals surface area (Å²) in [6.45, 7) is 2.32. The summed E-state index contributed by atoms with van der Waals surface area (Å²) in [6.07, 6.45) is -0.754. The van der Waals surface area contributed by atoms with E-state index in [0.29, 0.717) is 37.6 Å². The number of benzene rings is 2. The van der Waals surface area contributed by atoms with Gasteiger partial charge in [0.1, 0.15) is 16.6 Å². The van der Waals surface area contributed by atoms with Gasteiger partial charge in [-0.1, -0.05) is 24.3 Å². The zero-order valence-corrected chi connectivity index (χ0v) is 19.4. The molecule has 0 bridgehead atoms. The second-order valence-corrected chi connectivity index (χ2v) is 9.60. The quantitative estimate of drug-likeness (QED) is 0.308. The van der Waals surface area contributed by atoms with E-state index in [1.807, 2.05) is 31.2 Å². The lowest BCUT2D eigenvalue weighted by Crippen LogP contribution is -2.20. The van der Waals surface area contributed by atoms with Crippen LogP contribution in [0.1, 0.15) is 30.5 Å². The minimum atomic E-state index is -2.31. The smallest absolute Gasteiger partial charge is 0.241 e. The van der Waals surface area contributed by atoms with E-state index in [9.17, 15) is 13.2 Å². The number of aromatic nitrogens is 3. The van der Waals surface area contributed by atoms with Gasteiger partial charge in [0.05, 0.1) is 21.5 Å². The number of thiazole rings is 1. The molecule has 4 aromatic rings. The molecule has 0 radical (unpaired) electrons. The number of fused-ring (bicyclic) bond motifs is 1. The van der Waals surface area contributed by atoms with Crippen LogP contribution in [0, 0.1) is 18.7 Å². The average molecular weight is 484 g/mol. The van der Waals surface area contributed by atoms with Crippen LogP contribution in [0.5, 0.6) is 0 Å². The first-order valence-corrected chi connectivity index (χ1v) is 12.1. The molecule has 1 saturated carbocycles. The molecule has 2 aromatic heterocycles. The molecule has 34 heavy (non-hydrogen) atoms. The van der Waals surface area contributed by atoms with Crippen molar-refractivity contribution >= 4 is 33.3 Å². The van der Waals surface area contributed by atoms with E-state index in [4.69, 9.17) is 9.97 Å². The summed E-state index contributed by atoms with van der Waals surface area (Å²) in [6, 6.07) is 14.0. The van der Waals surface area contributed by atoms with Crippen molar-refractivity contribution in [1.29, 1.82) is 0 Å².